The number of ether oxygens (including phenoxy) is 1. The minimum absolute atomic E-state index is 0.329. The predicted molar refractivity (Wildman–Crippen MR) is 94.8 cm³/mol. The van der Waals surface area contributed by atoms with Crippen molar-refractivity contribution < 1.29 is 9.53 Å². The van der Waals surface area contributed by atoms with Gasteiger partial charge in [0, 0.05) is 0 Å². The lowest BCUT2D eigenvalue weighted by Gasteiger charge is -2.27. The lowest BCUT2D eigenvalue weighted by Crippen LogP contribution is -2.41. The van der Waals surface area contributed by atoms with E-state index in [1.807, 2.05) is 72.7 Å². The Kier molecular flexibility index (Phi) is 8.54. The summed E-state index contributed by atoms with van der Waals surface area (Å²) in [6, 6.07) is 8.03. The molecule has 3 nitrogen and oxygen atoms in total. The molecule has 0 unspecified atom stereocenters. The molecule has 1 N–H and O–H groups in total. The second-order valence-corrected chi connectivity index (χ2v) is 6.10. The summed E-state index contributed by atoms with van der Waals surface area (Å²) in [4.78, 5) is 11.8. The van der Waals surface area contributed by atoms with Gasteiger partial charge in [0.25, 0.3) is 0 Å². The molecule has 0 saturated carbocycles. The Balaban J connectivity index is 0.00000211. The van der Waals surface area contributed by atoms with Crippen LogP contribution in [0.3, 0.4) is 0 Å². The number of amides is 1. The molecule has 0 aliphatic carbocycles. The summed E-state index contributed by atoms with van der Waals surface area (Å²) >= 11 is 0. The van der Waals surface area contributed by atoms with E-state index in [0.717, 1.165) is 16.7 Å². The van der Waals surface area contributed by atoms with Gasteiger partial charge in [0.1, 0.15) is 0 Å². The summed E-state index contributed by atoms with van der Waals surface area (Å²) < 4.78 is 5.17. The zero-order chi connectivity index (χ0) is 17.3. The topological polar surface area (TPSA) is 38.3 Å². The van der Waals surface area contributed by atoms with Crippen LogP contribution in [-0.2, 0) is 10.3 Å². The molecule has 0 fully saturated rings. The maximum Gasteiger partial charge on any atom is 0.407 e. The SMILES string of the molecule is C=C(C)c1cccc(C(C)(C)NC(=O)OCC(C)C)c1.CC. The predicted octanol–water partition coefficient (Wildman–Crippen LogP) is 5.36. The molecule has 0 aliphatic heterocycles. The summed E-state index contributed by atoms with van der Waals surface area (Å²) in [6.07, 6.45) is -0.385. The molecule has 0 aliphatic rings. The number of carbonyl (C=O) groups is 1. The molecule has 0 aromatic heterocycles. The third-order valence-corrected chi connectivity index (χ3v) is 3.04. The van der Waals surface area contributed by atoms with Gasteiger partial charge in [0.2, 0.25) is 0 Å². The Labute approximate surface area is 135 Å². The van der Waals surface area contributed by atoms with Gasteiger partial charge in [-0.3, -0.25) is 0 Å². The Morgan fingerprint density at radius 3 is 2.41 bits per heavy atom. The van der Waals surface area contributed by atoms with Crippen molar-refractivity contribution in [3.05, 3.63) is 42.0 Å². The molecule has 3 heteroatoms. The molecule has 0 heterocycles. The molecule has 0 radical (unpaired) electrons. The Morgan fingerprint density at radius 1 is 1.32 bits per heavy atom. The van der Waals surface area contributed by atoms with Gasteiger partial charge in [0.05, 0.1) is 12.1 Å². The zero-order valence-corrected chi connectivity index (χ0v) is 15.1. The number of carbonyl (C=O) groups excluding carboxylic acids is 1. The molecular formula is C19H31NO2. The van der Waals surface area contributed by atoms with E-state index in [2.05, 4.69) is 11.9 Å². The van der Waals surface area contributed by atoms with E-state index in [1.54, 1.807) is 0 Å². The van der Waals surface area contributed by atoms with E-state index in [9.17, 15) is 4.79 Å². The fourth-order valence-electron chi connectivity index (χ4n) is 1.78. The molecule has 1 aromatic carbocycles. The fourth-order valence-corrected chi connectivity index (χ4v) is 1.78. The Hall–Kier alpha value is -1.77. The lowest BCUT2D eigenvalue weighted by atomic mass is 9.92. The molecule has 0 spiro atoms. The molecule has 0 bridgehead atoms. The van der Waals surface area contributed by atoms with E-state index in [1.165, 1.54) is 0 Å². The molecule has 0 atom stereocenters. The van der Waals surface area contributed by atoms with Crippen molar-refractivity contribution in [1.29, 1.82) is 0 Å². The van der Waals surface area contributed by atoms with Crippen molar-refractivity contribution in [2.75, 3.05) is 6.61 Å². The van der Waals surface area contributed by atoms with Crippen molar-refractivity contribution in [3.63, 3.8) is 0 Å². The third kappa shape index (κ3) is 6.79. The van der Waals surface area contributed by atoms with Crippen molar-refractivity contribution in [3.8, 4) is 0 Å². The molecular weight excluding hydrogens is 274 g/mol. The van der Waals surface area contributed by atoms with Crippen molar-refractivity contribution in [2.24, 2.45) is 5.92 Å². The van der Waals surface area contributed by atoms with Crippen molar-refractivity contribution in [2.45, 2.75) is 54.0 Å². The Morgan fingerprint density at radius 2 is 1.91 bits per heavy atom. The molecule has 1 amide bonds. The summed E-state index contributed by atoms with van der Waals surface area (Å²) in [6.45, 7) is 18.3. The average Bonchev–Trinajstić information content (AvgIpc) is 2.47. The van der Waals surface area contributed by atoms with Crippen LogP contribution in [0.4, 0.5) is 4.79 Å². The number of nitrogens with one attached hydrogen (secondary N) is 1. The highest BCUT2D eigenvalue weighted by atomic mass is 16.5. The van der Waals surface area contributed by atoms with Gasteiger partial charge >= 0.3 is 6.09 Å². The number of rotatable bonds is 5. The van der Waals surface area contributed by atoms with Gasteiger partial charge in [-0.05, 0) is 43.9 Å². The molecule has 22 heavy (non-hydrogen) atoms. The van der Waals surface area contributed by atoms with E-state index in [0.29, 0.717) is 12.5 Å². The van der Waals surface area contributed by atoms with Gasteiger partial charge in [-0.25, -0.2) is 4.79 Å². The first-order valence-corrected chi connectivity index (χ1v) is 7.93. The summed E-state index contributed by atoms with van der Waals surface area (Å²) in [7, 11) is 0. The third-order valence-electron chi connectivity index (χ3n) is 3.04. The first kappa shape index (κ1) is 20.2. The number of hydrogen-bond donors (Lipinski definition) is 1. The summed E-state index contributed by atoms with van der Waals surface area (Å²) in [5.41, 5.74) is 2.62. The number of benzene rings is 1. The first-order chi connectivity index (χ1) is 10.2. The first-order valence-electron chi connectivity index (χ1n) is 7.93. The quantitative estimate of drug-likeness (QED) is 0.795. The second kappa shape index (κ2) is 9.29. The maximum absolute atomic E-state index is 11.8. The largest absolute Gasteiger partial charge is 0.449 e. The summed E-state index contributed by atoms with van der Waals surface area (Å²) in [5.74, 6) is 0.329. The van der Waals surface area contributed by atoms with Crippen LogP contribution in [0.2, 0.25) is 0 Å². The second-order valence-electron chi connectivity index (χ2n) is 6.10. The lowest BCUT2D eigenvalue weighted by molar-refractivity contribution is 0.123. The van der Waals surface area contributed by atoms with Crippen LogP contribution >= 0.6 is 0 Å². The number of alkyl carbamates (subject to hydrolysis) is 1. The fraction of sp³-hybridized carbons (Fsp3) is 0.526. The van der Waals surface area contributed by atoms with Crippen molar-refractivity contribution >= 4 is 11.7 Å². The zero-order valence-electron chi connectivity index (χ0n) is 15.1. The van der Waals surface area contributed by atoms with Gasteiger partial charge in [-0.1, -0.05) is 58.0 Å². The molecule has 1 aromatic rings. The normalized spacial score (nSPS) is 10.5. The minimum atomic E-state index is -0.487. The van der Waals surface area contributed by atoms with Gasteiger partial charge in [-0.15, -0.1) is 0 Å². The van der Waals surface area contributed by atoms with Crippen LogP contribution in [0.15, 0.2) is 30.8 Å². The van der Waals surface area contributed by atoms with Crippen LogP contribution in [0.1, 0.15) is 59.6 Å². The minimum Gasteiger partial charge on any atom is -0.449 e. The van der Waals surface area contributed by atoms with Gasteiger partial charge in [-0.2, -0.15) is 0 Å². The molecule has 124 valence electrons. The van der Waals surface area contributed by atoms with Crippen LogP contribution in [-0.4, -0.2) is 12.7 Å². The monoisotopic (exact) mass is 305 g/mol. The highest BCUT2D eigenvalue weighted by Gasteiger charge is 2.24. The van der Waals surface area contributed by atoms with E-state index in [-0.39, 0.29) is 6.09 Å². The highest BCUT2D eigenvalue weighted by molar-refractivity contribution is 5.69. The molecule has 0 saturated heterocycles. The Bertz CT molecular complexity index is 490. The average molecular weight is 305 g/mol. The van der Waals surface area contributed by atoms with Crippen LogP contribution in [0.5, 0.6) is 0 Å². The van der Waals surface area contributed by atoms with E-state index < -0.39 is 5.54 Å². The van der Waals surface area contributed by atoms with E-state index >= 15 is 0 Å². The maximum atomic E-state index is 11.8. The van der Waals surface area contributed by atoms with E-state index in [4.69, 9.17) is 4.74 Å². The molecule has 1 rings (SSSR count). The number of hydrogen-bond acceptors (Lipinski definition) is 2. The number of allylic oxidation sites excluding steroid dienone is 1. The van der Waals surface area contributed by atoms with Gasteiger partial charge < -0.3 is 10.1 Å². The van der Waals surface area contributed by atoms with Crippen LogP contribution in [0.25, 0.3) is 5.57 Å². The van der Waals surface area contributed by atoms with Gasteiger partial charge in [0.15, 0.2) is 0 Å². The van der Waals surface area contributed by atoms with Crippen molar-refractivity contribution in [1.82, 2.24) is 5.32 Å². The smallest absolute Gasteiger partial charge is 0.407 e. The van der Waals surface area contributed by atoms with Crippen LogP contribution < -0.4 is 5.32 Å². The van der Waals surface area contributed by atoms with Crippen LogP contribution in [0, 0.1) is 5.92 Å². The summed E-state index contributed by atoms with van der Waals surface area (Å²) in [5, 5.41) is 2.90. The highest BCUT2D eigenvalue weighted by Crippen LogP contribution is 2.23. The standard InChI is InChI=1S/C17H25NO2.C2H6/c1-12(2)11-20-16(19)18-17(5,6)15-9-7-8-14(10-15)13(3)4;1-2/h7-10,12H,3,11H2,1-2,4-6H3,(H,18,19);1-2H3.